The third kappa shape index (κ3) is 2.97. The average molecular weight is 275 g/mol. The number of benzene rings is 1. The van der Waals surface area contributed by atoms with Crippen LogP contribution in [0, 0.1) is 0 Å². The highest BCUT2D eigenvalue weighted by molar-refractivity contribution is 6.10. The molecule has 0 bridgehead atoms. The summed E-state index contributed by atoms with van der Waals surface area (Å²) in [5.41, 5.74) is 8.60. The molecular weight excluding hydrogens is 262 g/mol. The number of nitrogens with zero attached hydrogens (tertiary/aromatic N) is 3. The molecule has 8 heteroatoms. The molecule has 0 fully saturated rings. The summed E-state index contributed by atoms with van der Waals surface area (Å²) in [7, 11) is 0. The van der Waals surface area contributed by atoms with Crippen molar-refractivity contribution in [3.63, 3.8) is 0 Å². The van der Waals surface area contributed by atoms with Crippen molar-refractivity contribution in [3.8, 4) is 0 Å². The van der Waals surface area contributed by atoms with E-state index >= 15 is 0 Å². The number of hydrazone groups is 1. The Morgan fingerprint density at radius 2 is 2.15 bits per heavy atom. The molecule has 0 aromatic heterocycles. The van der Waals surface area contributed by atoms with Gasteiger partial charge >= 0.3 is 5.97 Å². The molecule has 0 saturated carbocycles. The van der Waals surface area contributed by atoms with Crippen molar-refractivity contribution in [2.24, 2.45) is 21.1 Å². The lowest BCUT2D eigenvalue weighted by Gasteiger charge is -2.02. The molecule has 0 spiro atoms. The molecule has 0 unspecified atom stereocenters. The van der Waals surface area contributed by atoms with Gasteiger partial charge in [-0.1, -0.05) is 0 Å². The van der Waals surface area contributed by atoms with Gasteiger partial charge in [-0.05, 0) is 31.2 Å². The number of hydrogen-bond donors (Lipinski definition) is 2. The van der Waals surface area contributed by atoms with Crippen LogP contribution < -0.4 is 11.2 Å². The van der Waals surface area contributed by atoms with Gasteiger partial charge in [0.2, 0.25) is 6.04 Å². The van der Waals surface area contributed by atoms with Gasteiger partial charge in [0.1, 0.15) is 0 Å². The van der Waals surface area contributed by atoms with E-state index in [-0.39, 0.29) is 5.84 Å². The molecule has 0 saturated heterocycles. The lowest BCUT2D eigenvalue weighted by molar-refractivity contribution is -0.120. The molecule has 3 N–H and O–H groups in total. The smallest absolute Gasteiger partial charge is 0.338 e. The number of amides is 1. The first-order chi connectivity index (χ1) is 9.61. The number of nitrogens with one attached hydrogen (secondary N) is 1. The van der Waals surface area contributed by atoms with Crippen molar-refractivity contribution >= 4 is 23.4 Å². The zero-order chi connectivity index (χ0) is 14.5. The zero-order valence-corrected chi connectivity index (χ0v) is 10.7. The molecule has 104 valence electrons. The van der Waals surface area contributed by atoms with Crippen molar-refractivity contribution in [2.75, 3.05) is 6.61 Å². The van der Waals surface area contributed by atoms with Crippen LogP contribution in [-0.4, -0.2) is 30.4 Å². The third-order valence-electron chi connectivity index (χ3n) is 2.49. The average Bonchev–Trinajstić information content (AvgIpc) is 2.77. The molecule has 0 aliphatic carbocycles. The van der Waals surface area contributed by atoms with Crippen LogP contribution in [-0.2, 0) is 9.53 Å². The predicted molar refractivity (Wildman–Crippen MR) is 70.5 cm³/mol. The Labute approximate surface area is 114 Å². The number of ether oxygens (including phenoxy) is 1. The van der Waals surface area contributed by atoms with Crippen molar-refractivity contribution < 1.29 is 14.3 Å². The van der Waals surface area contributed by atoms with Crippen LogP contribution in [0.25, 0.3) is 0 Å². The van der Waals surface area contributed by atoms with Crippen LogP contribution in [0.4, 0.5) is 5.69 Å². The monoisotopic (exact) mass is 275 g/mol. The highest BCUT2D eigenvalue weighted by atomic mass is 16.5. The molecule has 1 aromatic carbocycles. The lowest BCUT2D eigenvalue weighted by atomic mass is 10.2. The van der Waals surface area contributed by atoms with E-state index in [1.807, 2.05) is 0 Å². The van der Waals surface area contributed by atoms with Gasteiger partial charge in [-0.25, -0.2) is 10.2 Å². The maximum atomic E-state index is 11.4. The number of esters is 1. The molecule has 1 heterocycles. The largest absolute Gasteiger partial charge is 0.462 e. The molecule has 1 aromatic rings. The number of azo groups is 1. The van der Waals surface area contributed by atoms with Crippen molar-refractivity contribution in [1.82, 2.24) is 5.43 Å². The Hall–Kier alpha value is -2.77. The summed E-state index contributed by atoms with van der Waals surface area (Å²) in [5, 5.41) is 11.2. The molecule has 1 aliphatic rings. The van der Waals surface area contributed by atoms with Gasteiger partial charge in [0.15, 0.2) is 5.84 Å². The minimum Gasteiger partial charge on any atom is -0.462 e. The van der Waals surface area contributed by atoms with Gasteiger partial charge < -0.3 is 10.5 Å². The Morgan fingerprint density at radius 3 is 2.70 bits per heavy atom. The summed E-state index contributed by atoms with van der Waals surface area (Å²) in [6.07, 6.45) is 0. The van der Waals surface area contributed by atoms with Gasteiger partial charge in [-0.3, -0.25) is 4.79 Å². The van der Waals surface area contributed by atoms with Crippen LogP contribution in [0.1, 0.15) is 17.3 Å². The summed E-state index contributed by atoms with van der Waals surface area (Å²) < 4.78 is 4.86. The number of nitrogens with two attached hydrogens (primary N) is 1. The lowest BCUT2D eigenvalue weighted by Crippen LogP contribution is -2.31. The molecule has 8 nitrogen and oxygen atoms in total. The minimum absolute atomic E-state index is 0.0712. The fourth-order valence-corrected chi connectivity index (χ4v) is 1.49. The molecule has 2 rings (SSSR count). The van der Waals surface area contributed by atoms with E-state index in [0.29, 0.717) is 17.9 Å². The van der Waals surface area contributed by atoms with Crippen LogP contribution >= 0.6 is 0 Å². The van der Waals surface area contributed by atoms with E-state index in [0.717, 1.165) is 0 Å². The van der Waals surface area contributed by atoms with Crippen LogP contribution in [0.2, 0.25) is 0 Å². The normalized spacial score (nSPS) is 17.9. The molecule has 1 atom stereocenters. The van der Waals surface area contributed by atoms with Gasteiger partial charge in [-0.15, -0.1) is 0 Å². The second-order valence-corrected chi connectivity index (χ2v) is 3.90. The Kier molecular flexibility index (Phi) is 4.04. The Bertz CT molecular complexity index is 579. The standard InChI is InChI=1S/C12H13N5O3/c1-2-20-12(19)7-3-5-8(6-4-7)14-15-9-10(13)16-17-11(9)18/h3-6,9H,2H2,1H3,(H2,13,16)(H,17,18)/t9-/m0/s1. The summed E-state index contributed by atoms with van der Waals surface area (Å²) in [5.74, 6) is -0.751. The third-order valence-corrected chi connectivity index (χ3v) is 2.49. The molecule has 0 radical (unpaired) electrons. The second kappa shape index (κ2) is 5.91. The maximum Gasteiger partial charge on any atom is 0.338 e. The zero-order valence-electron chi connectivity index (χ0n) is 10.7. The van der Waals surface area contributed by atoms with Gasteiger partial charge in [-0.2, -0.15) is 15.3 Å². The van der Waals surface area contributed by atoms with Gasteiger partial charge in [0.05, 0.1) is 17.9 Å². The quantitative estimate of drug-likeness (QED) is 0.621. The highest BCUT2D eigenvalue weighted by Crippen LogP contribution is 2.15. The van der Waals surface area contributed by atoms with Crippen LogP contribution in [0.5, 0.6) is 0 Å². The molecule has 1 aliphatic heterocycles. The SMILES string of the molecule is CCOC(=O)c1ccc(N=N[C@@H]2C(=O)NN=C2N)cc1. The number of carbonyl (C=O) groups excluding carboxylic acids is 2. The predicted octanol–water partition coefficient (Wildman–Crippen LogP) is 0.718. The fourth-order valence-electron chi connectivity index (χ4n) is 1.49. The maximum absolute atomic E-state index is 11.4. The van der Waals surface area contributed by atoms with Crippen molar-refractivity contribution in [1.29, 1.82) is 0 Å². The minimum atomic E-state index is -0.903. The molecule has 20 heavy (non-hydrogen) atoms. The molecule has 1 amide bonds. The Morgan fingerprint density at radius 1 is 1.45 bits per heavy atom. The van der Waals surface area contributed by atoms with Crippen LogP contribution in [0.3, 0.4) is 0 Å². The van der Waals surface area contributed by atoms with Crippen LogP contribution in [0.15, 0.2) is 39.6 Å². The summed E-state index contributed by atoms with van der Waals surface area (Å²) in [4.78, 5) is 22.7. The summed E-state index contributed by atoms with van der Waals surface area (Å²) >= 11 is 0. The summed E-state index contributed by atoms with van der Waals surface area (Å²) in [6.45, 7) is 2.05. The van der Waals surface area contributed by atoms with E-state index in [1.54, 1.807) is 31.2 Å². The number of hydrogen-bond acceptors (Lipinski definition) is 7. The number of amidine groups is 1. The van der Waals surface area contributed by atoms with E-state index in [2.05, 4.69) is 20.8 Å². The number of rotatable bonds is 4. The first-order valence-corrected chi connectivity index (χ1v) is 5.92. The molecular formula is C12H13N5O3. The van der Waals surface area contributed by atoms with Crippen molar-refractivity contribution in [3.05, 3.63) is 29.8 Å². The van der Waals surface area contributed by atoms with Gasteiger partial charge in [0.25, 0.3) is 5.91 Å². The van der Waals surface area contributed by atoms with E-state index in [9.17, 15) is 9.59 Å². The van der Waals surface area contributed by atoms with Gasteiger partial charge in [0, 0.05) is 0 Å². The fraction of sp³-hybridized carbons (Fsp3) is 0.250. The van der Waals surface area contributed by atoms with E-state index in [4.69, 9.17) is 10.5 Å². The topological polar surface area (TPSA) is 118 Å². The second-order valence-electron chi connectivity index (χ2n) is 3.90. The Balaban J connectivity index is 2.06. The van der Waals surface area contributed by atoms with E-state index in [1.165, 1.54) is 0 Å². The highest BCUT2D eigenvalue weighted by Gasteiger charge is 2.27. The first kappa shape index (κ1) is 13.7. The first-order valence-electron chi connectivity index (χ1n) is 5.92. The van der Waals surface area contributed by atoms with E-state index < -0.39 is 17.9 Å². The number of carbonyl (C=O) groups is 2. The van der Waals surface area contributed by atoms with Crippen molar-refractivity contribution in [2.45, 2.75) is 13.0 Å². The summed E-state index contributed by atoms with van der Waals surface area (Å²) in [6, 6.07) is 5.42.